The van der Waals surface area contributed by atoms with E-state index in [4.69, 9.17) is 5.73 Å². The number of rotatable bonds is 11. The lowest BCUT2D eigenvalue weighted by Gasteiger charge is -2.14. The van der Waals surface area contributed by atoms with Crippen LogP contribution in [-0.2, 0) is 6.42 Å². The van der Waals surface area contributed by atoms with Gasteiger partial charge in [0.1, 0.15) is 0 Å². The average Bonchev–Trinajstić information content (AvgIpc) is 2.82. The minimum atomic E-state index is 0.777. The molecular weight excluding hydrogens is 410 g/mol. The molecule has 2 aromatic rings. The van der Waals surface area contributed by atoms with Crippen LogP contribution in [0.5, 0.6) is 0 Å². The topological polar surface area (TPSA) is 26.0 Å². The van der Waals surface area contributed by atoms with Gasteiger partial charge in [-0.1, -0.05) is 100 Å². The molecule has 0 amide bonds. The molecule has 0 aliphatic heterocycles. The molecule has 34 heavy (non-hydrogen) atoms. The number of anilines is 1. The molecule has 0 bridgehead atoms. The summed E-state index contributed by atoms with van der Waals surface area (Å²) < 4.78 is 0. The predicted octanol–water partition coefficient (Wildman–Crippen LogP) is 9.68. The van der Waals surface area contributed by atoms with Gasteiger partial charge in [-0.15, -0.1) is 0 Å². The van der Waals surface area contributed by atoms with Crippen LogP contribution < -0.4 is 5.73 Å². The van der Waals surface area contributed by atoms with E-state index in [1.54, 1.807) is 0 Å². The van der Waals surface area contributed by atoms with Crippen LogP contribution in [0.4, 0.5) is 5.69 Å². The molecule has 0 saturated carbocycles. The normalized spacial score (nSPS) is 13.6. The maximum Gasteiger partial charge on any atom is 0.0352 e. The van der Waals surface area contributed by atoms with E-state index in [1.807, 2.05) is 13.8 Å². The molecule has 0 spiro atoms. The summed E-state index contributed by atoms with van der Waals surface area (Å²) in [6.07, 6.45) is 11.1. The Morgan fingerprint density at radius 1 is 0.971 bits per heavy atom. The molecule has 0 saturated heterocycles. The monoisotopic (exact) mass is 453 g/mol. The maximum absolute atomic E-state index is 6.48. The lowest BCUT2D eigenvalue weighted by Crippen LogP contribution is -1.99. The largest absolute Gasteiger partial charge is 0.398 e. The summed E-state index contributed by atoms with van der Waals surface area (Å²) in [5.74, 6) is 0.777. The van der Waals surface area contributed by atoms with Crippen LogP contribution in [0.25, 0.3) is 16.7 Å². The molecular formula is C33H43N. The van der Waals surface area contributed by atoms with Gasteiger partial charge in [-0.2, -0.15) is 0 Å². The minimum absolute atomic E-state index is 0.777. The molecule has 1 nitrogen and oxygen atoms in total. The van der Waals surface area contributed by atoms with Crippen molar-refractivity contribution in [3.63, 3.8) is 0 Å². The highest BCUT2D eigenvalue weighted by Crippen LogP contribution is 2.30. The van der Waals surface area contributed by atoms with Gasteiger partial charge in [-0.25, -0.2) is 0 Å². The van der Waals surface area contributed by atoms with E-state index in [0.717, 1.165) is 45.9 Å². The molecule has 180 valence electrons. The number of allylic oxidation sites excluding steroid dienone is 8. The number of hydrogen-bond donors (Lipinski definition) is 1. The Kier molecular flexibility index (Phi) is 10.4. The van der Waals surface area contributed by atoms with Crippen LogP contribution in [0.1, 0.15) is 83.1 Å². The molecule has 1 heteroatoms. The van der Waals surface area contributed by atoms with Gasteiger partial charge in [-0.3, -0.25) is 0 Å². The van der Waals surface area contributed by atoms with Crippen LogP contribution in [0, 0.1) is 5.92 Å². The Labute approximate surface area is 208 Å². The first kappa shape index (κ1) is 27.2. The van der Waals surface area contributed by atoms with Crippen molar-refractivity contribution in [3.05, 3.63) is 107 Å². The number of nitrogens with two attached hydrogens (primary N) is 1. The SMILES string of the molecule is C=C(/C=C(\C)c1ccc(C(=C)C)cc1)/C(C)=C(\C=C/C)c1ccc(CCCC(C)CC)c(N)c1. The van der Waals surface area contributed by atoms with E-state index in [2.05, 4.69) is 102 Å². The Morgan fingerprint density at radius 3 is 2.15 bits per heavy atom. The van der Waals surface area contributed by atoms with Crippen molar-refractivity contribution in [3.8, 4) is 0 Å². The number of aryl methyl sites for hydroxylation is 1. The van der Waals surface area contributed by atoms with Crippen LogP contribution in [0.3, 0.4) is 0 Å². The van der Waals surface area contributed by atoms with Gasteiger partial charge >= 0.3 is 0 Å². The van der Waals surface area contributed by atoms with E-state index in [-0.39, 0.29) is 0 Å². The lowest BCUT2D eigenvalue weighted by molar-refractivity contribution is 0.496. The van der Waals surface area contributed by atoms with Crippen molar-refractivity contribution in [2.45, 2.75) is 67.2 Å². The van der Waals surface area contributed by atoms with Crippen LogP contribution in [0.15, 0.2) is 85.0 Å². The third kappa shape index (κ3) is 7.48. The fourth-order valence-electron chi connectivity index (χ4n) is 4.08. The van der Waals surface area contributed by atoms with E-state index >= 15 is 0 Å². The predicted molar refractivity (Wildman–Crippen MR) is 155 cm³/mol. The van der Waals surface area contributed by atoms with Crippen molar-refractivity contribution in [1.29, 1.82) is 0 Å². The van der Waals surface area contributed by atoms with Gasteiger partial charge in [-0.05, 0) is 97.1 Å². The molecule has 1 unspecified atom stereocenters. The van der Waals surface area contributed by atoms with Gasteiger partial charge in [0.05, 0.1) is 0 Å². The Bertz CT molecular complexity index is 1090. The molecule has 0 radical (unpaired) electrons. The summed E-state index contributed by atoms with van der Waals surface area (Å²) in [4.78, 5) is 0. The van der Waals surface area contributed by atoms with Crippen molar-refractivity contribution in [2.75, 3.05) is 5.73 Å². The molecule has 0 fully saturated rings. The highest BCUT2D eigenvalue weighted by molar-refractivity contribution is 5.82. The van der Waals surface area contributed by atoms with E-state index in [1.165, 1.54) is 41.5 Å². The second kappa shape index (κ2) is 13.0. The van der Waals surface area contributed by atoms with Gasteiger partial charge < -0.3 is 5.73 Å². The molecule has 2 aromatic carbocycles. The molecule has 0 aliphatic rings. The van der Waals surface area contributed by atoms with Crippen molar-refractivity contribution < 1.29 is 0 Å². The summed E-state index contributed by atoms with van der Waals surface area (Å²) in [7, 11) is 0. The molecule has 2 N–H and O–H groups in total. The van der Waals surface area contributed by atoms with Crippen molar-refractivity contribution in [1.82, 2.24) is 0 Å². The summed E-state index contributed by atoms with van der Waals surface area (Å²) in [6, 6.07) is 15.1. The standard InChI is InChI=1S/C33H43N/c1-9-12-32(31-20-19-30(33(34)22-31)14-11-13-24(5)10-2)27(8)25(6)21-26(7)29-17-15-28(16-18-29)23(3)4/h9,12,15-22,24H,3,6,10-11,13-14,34H2,1-2,4-5,7-8H3/b12-9-,26-21+,32-27+. The Hall–Kier alpha value is -3.06. The maximum atomic E-state index is 6.48. The van der Waals surface area contributed by atoms with E-state index in [0.29, 0.717) is 0 Å². The molecule has 0 aliphatic carbocycles. The first-order valence-corrected chi connectivity index (χ1v) is 12.5. The number of benzene rings is 2. The summed E-state index contributed by atoms with van der Waals surface area (Å²) >= 11 is 0. The molecule has 0 aromatic heterocycles. The third-order valence-corrected chi connectivity index (χ3v) is 6.74. The second-order valence-electron chi connectivity index (χ2n) is 9.57. The lowest BCUT2D eigenvalue weighted by atomic mass is 9.92. The Balaban J connectivity index is 2.29. The summed E-state index contributed by atoms with van der Waals surface area (Å²) in [6.45, 7) is 21.3. The zero-order chi connectivity index (χ0) is 25.3. The van der Waals surface area contributed by atoms with E-state index < -0.39 is 0 Å². The molecule has 2 rings (SSSR count). The average molecular weight is 454 g/mol. The number of hydrogen-bond acceptors (Lipinski definition) is 1. The summed E-state index contributed by atoms with van der Waals surface area (Å²) in [5.41, 5.74) is 17.7. The first-order valence-electron chi connectivity index (χ1n) is 12.5. The Morgan fingerprint density at radius 2 is 1.59 bits per heavy atom. The van der Waals surface area contributed by atoms with E-state index in [9.17, 15) is 0 Å². The quantitative estimate of drug-likeness (QED) is 0.266. The minimum Gasteiger partial charge on any atom is -0.398 e. The van der Waals surface area contributed by atoms with Crippen molar-refractivity contribution in [2.24, 2.45) is 5.92 Å². The van der Waals surface area contributed by atoms with Gasteiger partial charge in [0, 0.05) is 5.69 Å². The number of nitrogen functional groups attached to an aromatic ring is 1. The fraction of sp³-hybridized carbons (Fsp3) is 0.333. The van der Waals surface area contributed by atoms with Gasteiger partial charge in [0.15, 0.2) is 0 Å². The summed E-state index contributed by atoms with van der Waals surface area (Å²) in [5, 5.41) is 0. The van der Waals surface area contributed by atoms with Gasteiger partial charge in [0.25, 0.3) is 0 Å². The highest BCUT2D eigenvalue weighted by Gasteiger charge is 2.09. The highest BCUT2D eigenvalue weighted by atomic mass is 14.6. The smallest absolute Gasteiger partial charge is 0.0352 e. The molecule has 0 heterocycles. The molecule has 1 atom stereocenters. The van der Waals surface area contributed by atoms with Crippen LogP contribution in [0.2, 0.25) is 0 Å². The van der Waals surface area contributed by atoms with Crippen LogP contribution >= 0.6 is 0 Å². The zero-order valence-electron chi connectivity index (χ0n) is 22.2. The van der Waals surface area contributed by atoms with Gasteiger partial charge in [0.2, 0.25) is 0 Å². The first-order chi connectivity index (χ1) is 16.2. The second-order valence-corrected chi connectivity index (χ2v) is 9.57. The third-order valence-electron chi connectivity index (χ3n) is 6.74. The van der Waals surface area contributed by atoms with Crippen LogP contribution in [-0.4, -0.2) is 0 Å². The fourth-order valence-corrected chi connectivity index (χ4v) is 4.08. The zero-order valence-corrected chi connectivity index (χ0v) is 22.2. The van der Waals surface area contributed by atoms with Crippen molar-refractivity contribution >= 4 is 22.4 Å².